The lowest BCUT2D eigenvalue weighted by Gasteiger charge is -2.40. The summed E-state index contributed by atoms with van der Waals surface area (Å²) in [7, 11) is 1.91. The monoisotopic (exact) mass is 238 g/mol. The Kier molecular flexibility index (Phi) is 3.51. The van der Waals surface area contributed by atoms with Crippen molar-refractivity contribution in [3.8, 4) is 0 Å². The summed E-state index contributed by atoms with van der Waals surface area (Å²) >= 11 is 0. The van der Waals surface area contributed by atoms with Crippen LogP contribution in [0, 0.1) is 0 Å². The lowest BCUT2D eigenvalue weighted by molar-refractivity contribution is -0.0293. The Morgan fingerprint density at radius 3 is 2.94 bits per heavy atom. The number of β-amino-alcohol motifs (C(OH)–C–C–N with tert-alkyl or cyclic N) is 1. The van der Waals surface area contributed by atoms with Crippen molar-refractivity contribution < 1.29 is 5.11 Å². The van der Waals surface area contributed by atoms with Crippen LogP contribution in [0.2, 0.25) is 0 Å². The van der Waals surface area contributed by atoms with E-state index in [9.17, 15) is 5.11 Å². The second-order valence-electron chi connectivity index (χ2n) is 5.27. The SMILES string of the molecule is Cn1cc(C(CN)N2CCCC(C)(O)C2)cn1. The standard InChI is InChI=1S/C12H22N4O/c1-12(17)4-3-5-16(9-12)11(6-13)10-7-14-15(2)8-10/h7-8,11,17H,3-6,9,13H2,1-2H3. The van der Waals surface area contributed by atoms with Crippen LogP contribution in [0.15, 0.2) is 12.4 Å². The van der Waals surface area contributed by atoms with Gasteiger partial charge in [0.15, 0.2) is 0 Å². The third kappa shape index (κ3) is 2.86. The van der Waals surface area contributed by atoms with Crippen LogP contribution in [0.3, 0.4) is 0 Å². The Bertz CT molecular complexity index is 374. The molecule has 0 spiro atoms. The lowest BCUT2D eigenvalue weighted by Crippen LogP contribution is -2.48. The summed E-state index contributed by atoms with van der Waals surface area (Å²) in [5, 5.41) is 14.3. The molecular weight excluding hydrogens is 216 g/mol. The maximum Gasteiger partial charge on any atom is 0.0746 e. The molecule has 3 N–H and O–H groups in total. The van der Waals surface area contributed by atoms with Crippen LogP contribution in [0.25, 0.3) is 0 Å². The van der Waals surface area contributed by atoms with Crippen LogP contribution < -0.4 is 5.73 Å². The number of aliphatic hydroxyl groups is 1. The Morgan fingerprint density at radius 2 is 2.41 bits per heavy atom. The smallest absolute Gasteiger partial charge is 0.0746 e. The third-order valence-corrected chi connectivity index (χ3v) is 3.48. The van der Waals surface area contributed by atoms with Crippen molar-refractivity contribution in [3.05, 3.63) is 18.0 Å². The van der Waals surface area contributed by atoms with Gasteiger partial charge in [-0.05, 0) is 26.3 Å². The van der Waals surface area contributed by atoms with Crippen molar-refractivity contribution in [2.45, 2.75) is 31.4 Å². The largest absolute Gasteiger partial charge is 0.389 e. The van der Waals surface area contributed by atoms with Crippen molar-refractivity contribution in [2.75, 3.05) is 19.6 Å². The fourth-order valence-corrected chi connectivity index (χ4v) is 2.63. The molecule has 96 valence electrons. The molecule has 5 heteroatoms. The molecule has 0 amide bonds. The van der Waals surface area contributed by atoms with E-state index >= 15 is 0 Å². The average molecular weight is 238 g/mol. The minimum absolute atomic E-state index is 0.162. The predicted molar refractivity (Wildman–Crippen MR) is 66.4 cm³/mol. The lowest BCUT2D eigenvalue weighted by atomic mass is 9.93. The normalized spacial score (nSPS) is 28.2. The minimum atomic E-state index is -0.589. The average Bonchev–Trinajstić information content (AvgIpc) is 2.64. The number of aryl methyl sites for hydroxylation is 1. The van der Waals surface area contributed by atoms with E-state index in [0.717, 1.165) is 24.9 Å². The molecule has 0 radical (unpaired) electrons. The van der Waals surface area contributed by atoms with Gasteiger partial charge in [-0.25, -0.2) is 0 Å². The molecule has 5 nitrogen and oxygen atoms in total. The number of rotatable bonds is 3. The summed E-state index contributed by atoms with van der Waals surface area (Å²) in [6.07, 6.45) is 5.75. The summed E-state index contributed by atoms with van der Waals surface area (Å²) in [6.45, 7) is 4.13. The molecule has 1 aliphatic heterocycles. The molecule has 0 aromatic carbocycles. The maximum atomic E-state index is 10.1. The van der Waals surface area contributed by atoms with Gasteiger partial charge in [-0.3, -0.25) is 9.58 Å². The molecule has 17 heavy (non-hydrogen) atoms. The zero-order chi connectivity index (χ0) is 12.5. The molecule has 2 heterocycles. The van der Waals surface area contributed by atoms with E-state index in [4.69, 9.17) is 5.73 Å². The van der Waals surface area contributed by atoms with Gasteiger partial charge in [0.25, 0.3) is 0 Å². The van der Waals surface area contributed by atoms with Crippen LogP contribution in [-0.4, -0.2) is 45.0 Å². The molecule has 1 saturated heterocycles. The topological polar surface area (TPSA) is 67.3 Å². The van der Waals surface area contributed by atoms with E-state index < -0.39 is 5.60 Å². The molecule has 1 fully saturated rings. The van der Waals surface area contributed by atoms with Crippen molar-refractivity contribution in [3.63, 3.8) is 0 Å². The highest BCUT2D eigenvalue weighted by Gasteiger charge is 2.32. The second-order valence-corrected chi connectivity index (χ2v) is 5.27. The summed E-state index contributed by atoms with van der Waals surface area (Å²) in [5.41, 5.74) is 6.42. The quantitative estimate of drug-likeness (QED) is 0.793. The van der Waals surface area contributed by atoms with Crippen LogP contribution in [0.1, 0.15) is 31.4 Å². The van der Waals surface area contributed by atoms with Crippen molar-refractivity contribution >= 4 is 0 Å². The van der Waals surface area contributed by atoms with Gasteiger partial charge in [-0.15, -0.1) is 0 Å². The highest BCUT2D eigenvalue weighted by atomic mass is 16.3. The fourth-order valence-electron chi connectivity index (χ4n) is 2.63. The summed E-state index contributed by atoms with van der Waals surface area (Å²) in [4.78, 5) is 2.26. The number of piperidine rings is 1. The van der Waals surface area contributed by atoms with Crippen molar-refractivity contribution in [2.24, 2.45) is 12.8 Å². The van der Waals surface area contributed by atoms with E-state index in [1.165, 1.54) is 0 Å². The van der Waals surface area contributed by atoms with Gasteiger partial charge in [0.2, 0.25) is 0 Å². The van der Waals surface area contributed by atoms with Crippen LogP contribution in [0.4, 0.5) is 0 Å². The van der Waals surface area contributed by atoms with E-state index in [-0.39, 0.29) is 6.04 Å². The number of hydrogen-bond donors (Lipinski definition) is 2. The van der Waals surface area contributed by atoms with E-state index in [0.29, 0.717) is 13.1 Å². The van der Waals surface area contributed by atoms with Gasteiger partial charge in [0.1, 0.15) is 0 Å². The molecule has 1 aromatic rings. The Labute approximate surface area is 102 Å². The first-order chi connectivity index (χ1) is 8.02. The summed E-state index contributed by atoms with van der Waals surface area (Å²) in [5.74, 6) is 0. The predicted octanol–water partition coefficient (Wildman–Crippen LogP) is 0.267. The molecular formula is C12H22N4O. The van der Waals surface area contributed by atoms with E-state index in [2.05, 4.69) is 10.00 Å². The van der Waals surface area contributed by atoms with Gasteiger partial charge in [0, 0.05) is 31.9 Å². The minimum Gasteiger partial charge on any atom is -0.389 e. The molecule has 0 bridgehead atoms. The fraction of sp³-hybridized carbons (Fsp3) is 0.750. The number of likely N-dealkylation sites (tertiary alicyclic amines) is 1. The van der Waals surface area contributed by atoms with Crippen molar-refractivity contribution in [1.29, 1.82) is 0 Å². The highest BCUT2D eigenvalue weighted by molar-refractivity contribution is 5.12. The Balaban J connectivity index is 2.13. The molecule has 2 unspecified atom stereocenters. The first kappa shape index (κ1) is 12.5. The van der Waals surface area contributed by atoms with Gasteiger partial charge in [0.05, 0.1) is 17.8 Å². The molecule has 1 aromatic heterocycles. The number of nitrogens with two attached hydrogens (primary N) is 1. The number of nitrogens with zero attached hydrogens (tertiary/aromatic N) is 3. The van der Waals surface area contributed by atoms with Crippen LogP contribution >= 0.6 is 0 Å². The second kappa shape index (κ2) is 4.76. The first-order valence-corrected chi connectivity index (χ1v) is 6.17. The number of hydrogen-bond acceptors (Lipinski definition) is 4. The first-order valence-electron chi connectivity index (χ1n) is 6.17. The molecule has 0 saturated carbocycles. The highest BCUT2D eigenvalue weighted by Crippen LogP contribution is 2.27. The zero-order valence-electron chi connectivity index (χ0n) is 10.6. The zero-order valence-corrected chi connectivity index (χ0v) is 10.6. The van der Waals surface area contributed by atoms with E-state index in [1.807, 2.05) is 26.4 Å². The van der Waals surface area contributed by atoms with Gasteiger partial charge < -0.3 is 10.8 Å². The molecule has 0 aliphatic carbocycles. The van der Waals surface area contributed by atoms with Gasteiger partial charge in [-0.1, -0.05) is 0 Å². The van der Waals surface area contributed by atoms with Crippen LogP contribution in [-0.2, 0) is 7.05 Å². The van der Waals surface area contributed by atoms with Crippen LogP contribution in [0.5, 0.6) is 0 Å². The van der Waals surface area contributed by atoms with Crippen molar-refractivity contribution in [1.82, 2.24) is 14.7 Å². The molecule has 1 aliphatic rings. The Hall–Kier alpha value is -0.910. The van der Waals surface area contributed by atoms with E-state index in [1.54, 1.807) is 4.68 Å². The maximum absolute atomic E-state index is 10.1. The third-order valence-electron chi connectivity index (χ3n) is 3.48. The number of aromatic nitrogens is 2. The van der Waals surface area contributed by atoms with Gasteiger partial charge in [-0.2, -0.15) is 5.10 Å². The summed E-state index contributed by atoms with van der Waals surface area (Å²) in [6, 6.07) is 0.162. The Morgan fingerprint density at radius 1 is 1.65 bits per heavy atom. The molecule has 2 atom stereocenters. The molecule has 2 rings (SSSR count). The summed E-state index contributed by atoms with van der Waals surface area (Å²) < 4.78 is 1.79. The van der Waals surface area contributed by atoms with Gasteiger partial charge >= 0.3 is 0 Å².